The number of carbonyl (C=O) groups excluding carboxylic acids is 2. The lowest BCUT2D eigenvalue weighted by Gasteiger charge is -2.16. The van der Waals surface area contributed by atoms with Gasteiger partial charge in [0.15, 0.2) is 5.75 Å². The van der Waals surface area contributed by atoms with Crippen LogP contribution < -0.4 is 4.74 Å². The molecule has 0 fully saturated rings. The summed E-state index contributed by atoms with van der Waals surface area (Å²) >= 11 is 0. The van der Waals surface area contributed by atoms with Crippen LogP contribution in [0.1, 0.15) is 12.5 Å². The number of nitrogens with zero attached hydrogens (tertiary/aromatic N) is 2. The van der Waals surface area contributed by atoms with Crippen molar-refractivity contribution in [1.29, 1.82) is 0 Å². The first kappa shape index (κ1) is 20.1. The number of rotatable bonds is 7. The number of nitro groups is 1. The Morgan fingerprint density at radius 1 is 1.30 bits per heavy atom. The van der Waals surface area contributed by atoms with Gasteiger partial charge in [-0.1, -0.05) is 6.07 Å². The molecule has 1 aromatic rings. The fourth-order valence-corrected chi connectivity index (χ4v) is 2.79. The zero-order chi connectivity index (χ0) is 20.1. The number of methoxy groups -OCH3 is 3. The van der Waals surface area contributed by atoms with Crippen molar-refractivity contribution in [2.45, 2.75) is 6.92 Å². The van der Waals surface area contributed by atoms with E-state index in [1.165, 1.54) is 44.4 Å². The predicted octanol–water partition coefficient (Wildman–Crippen LogP) is 1.92. The van der Waals surface area contributed by atoms with Gasteiger partial charge in [-0.3, -0.25) is 14.9 Å². The lowest BCUT2D eigenvalue weighted by molar-refractivity contribution is -0.385. The normalized spacial score (nSPS) is 15.5. The van der Waals surface area contributed by atoms with Crippen molar-refractivity contribution in [1.82, 2.24) is 4.90 Å². The molecule has 0 radical (unpaired) electrons. The van der Waals surface area contributed by atoms with Crippen LogP contribution in [0, 0.1) is 10.1 Å². The van der Waals surface area contributed by atoms with Gasteiger partial charge in [0.1, 0.15) is 0 Å². The molecule has 0 atom stereocenters. The molecule has 0 saturated carbocycles. The molecule has 1 amide bonds. The molecular weight excluding hydrogens is 356 g/mol. The van der Waals surface area contributed by atoms with E-state index < -0.39 is 16.8 Å². The molecule has 1 aliphatic rings. The number of esters is 1. The Bertz CT molecular complexity index is 842. The van der Waals surface area contributed by atoms with Crippen molar-refractivity contribution in [3.63, 3.8) is 0 Å². The molecule has 0 saturated heterocycles. The van der Waals surface area contributed by atoms with Gasteiger partial charge in [-0.2, -0.15) is 0 Å². The second-order valence-corrected chi connectivity index (χ2v) is 5.65. The number of benzene rings is 1. The quantitative estimate of drug-likeness (QED) is 0.310. The van der Waals surface area contributed by atoms with E-state index in [1.807, 2.05) is 0 Å². The van der Waals surface area contributed by atoms with Crippen LogP contribution in [0.4, 0.5) is 5.69 Å². The molecule has 9 nitrogen and oxygen atoms in total. The molecule has 0 unspecified atom stereocenters. The molecule has 1 aliphatic heterocycles. The molecule has 1 aromatic carbocycles. The third kappa shape index (κ3) is 3.98. The highest BCUT2D eigenvalue weighted by Crippen LogP contribution is 2.33. The average Bonchev–Trinajstić information content (AvgIpc) is 2.89. The summed E-state index contributed by atoms with van der Waals surface area (Å²) in [5.41, 5.74) is 0.813. The summed E-state index contributed by atoms with van der Waals surface area (Å²) in [5.74, 6) is -0.958. The molecule has 1 heterocycles. The Morgan fingerprint density at radius 3 is 2.56 bits per heavy atom. The van der Waals surface area contributed by atoms with Crippen LogP contribution in [0.25, 0.3) is 6.08 Å². The van der Waals surface area contributed by atoms with Crippen molar-refractivity contribution in [2.24, 2.45) is 0 Å². The number of hydrogen-bond acceptors (Lipinski definition) is 7. The Kier molecular flexibility index (Phi) is 6.30. The molecule has 0 bridgehead atoms. The average molecular weight is 376 g/mol. The number of hydrogen-bond donors (Lipinski definition) is 0. The summed E-state index contributed by atoms with van der Waals surface area (Å²) < 4.78 is 14.8. The summed E-state index contributed by atoms with van der Waals surface area (Å²) in [5, 5.41) is 11.2. The zero-order valence-electron chi connectivity index (χ0n) is 15.5. The largest absolute Gasteiger partial charge is 0.490 e. The van der Waals surface area contributed by atoms with Crippen LogP contribution in [-0.4, -0.2) is 56.2 Å². The van der Waals surface area contributed by atoms with Crippen molar-refractivity contribution in [2.75, 3.05) is 34.5 Å². The van der Waals surface area contributed by atoms with E-state index >= 15 is 0 Å². The third-order valence-corrected chi connectivity index (χ3v) is 4.13. The van der Waals surface area contributed by atoms with E-state index in [-0.39, 0.29) is 29.1 Å². The molecule has 27 heavy (non-hydrogen) atoms. The molecule has 2 rings (SSSR count). The van der Waals surface area contributed by atoms with E-state index in [1.54, 1.807) is 13.0 Å². The minimum absolute atomic E-state index is 0.0986. The molecule has 0 aliphatic carbocycles. The highest BCUT2D eigenvalue weighted by Gasteiger charge is 2.36. The van der Waals surface area contributed by atoms with Gasteiger partial charge in [0, 0.05) is 25.4 Å². The summed E-state index contributed by atoms with van der Waals surface area (Å²) in [6.07, 6.45) is 1.43. The number of amides is 1. The van der Waals surface area contributed by atoms with E-state index in [0.717, 1.165) is 0 Å². The first-order valence-electron chi connectivity index (χ1n) is 8.00. The molecular formula is C18H20N2O7. The van der Waals surface area contributed by atoms with E-state index in [4.69, 9.17) is 14.2 Å². The Labute approximate surface area is 156 Å². The van der Waals surface area contributed by atoms with Gasteiger partial charge in [-0.15, -0.1) is 0 Å². The van der Waals surface area contributed by atoms with E-state index in [0.29, 0.717) is 17.9 Å². The van der Waals surface area contributed by atoms with E-state index in [9.17, 15) is 19.7 Å². The summed E-state index contributed by atoms with van der Waals surface area (Å²) in [6.45, 7) is 2.19. The topological polar surface area (TPSA) is 108 Å². The molecule has 0 N–H and O–H groups in total. The fraction of sp³-hybridized carbons (Fsp3) is 0.333. The Hall–Kier alpha value is -3.20. The summed E-state index contributed by atoms with van der Waals surface area (Å²) in [7, 11) is 4.06. The molecule has 9 heteroatoms. The van der Waals surface area contributed by atoms with Crippen LogP contribution in [0.2, 0.25) is 0 Å². The minimum Gasteiger partial charge on any atom is -0.490 e. The monoisotopic (exact) mass is 376 g/mol. The fourth-order valence-electron chi connectivity index (χ4n) is 2.79. The third-order valence-electron chi connectivity index (χ3n) is 4.13. The van der Waals surface area contributed by atoms with Gasteiger partial charge in [0.05, 0.1) is 36.9 Å². The van der Waals surface area contributed by atoms with Crippen LogP contribution in [0.3, 0.4) is 0 Å². The molecule has 144 valence electrons. The number of ether oxygens (including phenoxy) is 3. The maximum absolute atomic E-state index is 12.8. The van der Waals surface area contributed by atoms with Crippen LogP contribution in [-0.2, 0) is 19.1 Å². The van der Waals surface area contributed by atoms with Gasteiger partial charge < -0.3 is 19.1 Å². The molecule has 0 spiro atoms. The number of carbonyl (C=O) groups is 2. The minimum atomic E-state index is -0.657. The van der Waals surface area contributed by atoms with Crippen molar-refractivity contribution < 1.29 is 28.7 Å². The maximum Gasteiger partial charge on any atom is 0.340 e. The second kappa shape index (κ2) is 8.45. The number of allylic oxidation sites excluding steroid dienone is 1. The van der Waals surface area contributed by atoms with Crippen LogP contribution >= 0.6 is 0 Å². The van der Waals surface area contributed by atoms with Gasteiger partial charge in [0.25, 0.3) is 5.91 Å². The maximum atomic E-state index is 12.8. The highest BCUT2D eigenvalue weighted by atomic mass is 16.6. The Balaban J connectivity index is 2.54. The lowest BCUT2D eigenvalue weighted by Crippen LogP contribution is -2.28. The first-order chi connectivity index (χ1) is 12.8. The lowest BCUT2D eigenvalue weighted by atomic mass is 10.0. The van der Waals surface area contributed by atoms with Crippen LogP contribution in [0.5, 0.6) is 5.75 Å². The Morgan fingerprint density at radius 2 is 2.00 bits per heavy atom. The summed E-state index contributed by atoms with van der Waals surface area (Å²) in [6, 6.07) is 4.27. The first-order valence-corrected chi connectivity index (χ1v) is 8.00. The van der Waals surface area contributed by atoms with Crippen molar-refractivity contribution in [3.8, 4) is 5.75 Å². The van der Waals surface area contributed by atoms with Crippen molar-refractivity contribution >= 4 is 23.6 Å². The van der Waals surface area contributed by atoms with E-state index in [2.05, 4.69) is 0 Å². The second-order valence-electron chi connectivity index (χ2n) is 5.65. The predicted molar refractivity (Wildman–Crippen MR) is 95.9 cm³/mol. The highest BCUT2D eigenvalue weighted by molar-refractivity contribution is 6.16. The van der Waals surface area contributed by atoms with Crippen molar-refractivity contribution in [3.05, 3.63) is 50.7 Å². The van der Waals surface area contributed by atoms with Gasteiger partial charge >= 0.3 is 11.7 Å². The van der Waals surface area contributed by atoms with Crippen LogP contribution in [0.15, 0.2) is 35.0 Å². The number of nitro benzene ring substituents is 1. The smallest absolute Gasteiger partial charge is 0.340 e. The zero-order valence-corrected chi connectivity index (χ0v) is 15.5. The van der Waals surface area contributed by atoms with Gasteiger partial charge in [-0.25, -0.2) is 4.79 Å². The molecule has 0 aromatic heterocycles. The van der Waals surface area contributed by atoms with Gasteiger partial charge in [-0.05, 0) is 24.6 Å². The summed E-state index contributed by atoms with van der Waals surface area (Å²) in [4.78, 5) is 37.0. The standard InChI is InChI=1S/C18H20N2O7/c1-11-16(18(22)27-4)13(17(21)19(11)7-8-25-2)9-12-5-6-15(26-3)14(10-12)20(23)24/h5-6,9-10H,7-8H2,1-4H3/b13-9-. The van der Waals surface area contributed by atoms with Gasteiger partial charge in [0.2, 0.25) is 0 Å². The SMILES string of the molecule is COCCN1C(=O)/C(=C\c2ccc(OC)c([N+](=O)[O-])c2)C(C(=O)OC)=C1C.